The predicted molar refractivity (Wildman–Crippen MR) is 80.1 cm³/mol. The Morgan fingerprint density at radius 1 is 1.26 bits per heavy atom. The zero-order valence-corrected chi connectivity index (χ0v) is 12.8. The van der Waals surface area contributed by atoms with Crippen molar-refractivity contribution in [3.05, 3.63) is 11.6 Å². The Morgan fingerprint density at radius 2 is 2.11 bits per heavy atom. The maximum Gasteiger partial charge on any atom is 0.155 e. The van der Waals surface area contributed by atoms with E-state index in [2.05, 4.69) is 18.3 Å². The molecule has 1 heterocycles. The first-order valence-corrected chi connectivity index (χ1v) is 9.50. The van der Waals surface area contributed by atoms with Crippen LogP contribution in [0.3, 0.4) is 0 Å². The first-order valence-electron chi connectivity index (χ1n) is 7.79. The molecule has 2 atom stereocenters. The molecule has 2 rings (SSSR count). The van der Waals surface area contributed by atoms with E-state index in [0.29, 0.717) is 5.75 Å². The van der Waals surface area contributed by atoms with Gasteiger partial charge in [0.25, 0.3) is 0 Å². The molecule has 1 aliphatic carbocycles. The SMILES string of the molecule is CCNC(C1=CCCCCC1)C1CCCCS1(=O)=O. The average molecular weight is 285 g/mol. The van der Waals surface area contributed by atoms with Crippen LogP contribution in [-0.2, 0) is 9.84 Å². The summed E-state index contributed by atoms with van der Waals surface area (Å²) >= 11 is 0. The minimum absolute atomic E-state index is 0.0633. The van der Waals surface area contributed by atoms with Gasteiger partial charge in [-0.25, -0.2) is 8.42 Å². The molecule has 4 heteroatoms. The van der Waals surface area contributed by atoms with E-state index in [0.717, 1.165) is 38.6 Å². The van der Waals surface area contributed by atoms with Crippen LogP contribution in [-0.4, -0.2) is 32.0 Å². The van der Waals surface area contributed by atoms with Gasteiger partial charge in [0.15, 0.2) is 9.84 Å². The molecule has 1 N–H and O–H groups in total. The first kappa shape index (κ1) is 15.0. The molecule has 2 unspecified atom stereocenters. The average Bonchev–Trinajstić information content (AvgIpc) is 2.65. The molecule has 0 spiro atoms. The standard InChI is InChI=1S/C15H27NO2S/c1-2-16-15(13-9-5-3-4-6-10-13)14-11-7-8-12-19(14,17)18/h9,14-16H,2-8,10-12H2,1H3. The monoisotopic (exact) mass is 285 g/mol. The Morgan fingerprint density at radius 3 is 2.84 bits per heavy atom. The number of rotatable bonds is 4. The van der Waals surface area contributed by atoms with Crippen molar-refractivity contribution in [2.24, 2.45) is 0 Å². The third kappa shape index (κ3) is 3.82. The molecule has 3 nitrogen and oxygen atoms in total. The lowest BCUT2D eigenvalue weighted by Crippen LogP contribution is -2.47. The summed E-state index contributed by atoms with van der Waals surface area (Å²) in [5, 5.41) is 3.27. The Hall–Kier alpha value is -0.350. The van der Waals surface area contributed by atoms with E-state index in [1.807, 2.05) is 0 Å². The normalized spacial score (nSPS) is 29.3. The van der Waals surface area contributed by atoms with E-state index in [4.69, 9.17) is 0 Å². The lowest BCUT2D eigenvalue weighted by atomic mass is 9.96. The summed E-state index contributed by atoms with van der Waals surface area (Å²) in [5.74, 6) is 0.382. The second-order valence-corrected chi connectivity index (χ2v) is 8.15. The number of nitrogens with one attached hydrogen (secondary N) is 1. The van der Waals surface area contributed by atoms with Gasteiger partial charge in [-0.3, -0.25) is 0 Å². The molecule has 0 saturated carbocycles. The van der Waals surface area contributed by atoms with E-state index in [1.54, 1.807) is 0 Å². The van der Waals surface area contributed by atoms with Crippen molar-refractivity contribution in [1.29, 1.82) is 0 Å². The largest absolute Gasteiger partial charge is 0.309 e. The molecule has 0 bridgehead atoms. The number of allylic oxidation sites excluding steroid dienone is 1. The van der Waals surface area contributed by atoms with Crippen LogP contribution >= 0.6 is 0 Å². The smallest absolute Gasteiger partial charge is 0.155 e. The summed E-state index contributed by atoms with van der Waals surface area (Å²) in [6.45, 7) is 2.91. The maximum atomic E-state index is 12.4. The van der Waals surface area contributed by atoms with Crippen molar-refractivity contribution >= 4 is 9.84 Å². The zero-order chi connectivity index (χ0) is 13.7. The van der Waals surface area contributed by atoms with Crippen LogP contribution in [0.5, 0.6) is 0 Å². The summed E-state index contributed by atoms with van der Waals surface area (Å²) in [6, 6.07) is 0.0633. The van der Waals surface area contributed by atoms with Crippen molar-refractivity contribution in [3.63, 3.8) is 0 Å². The molecule has 1 fully saturated rings. The van der Waals surface area contributed by atoms with E-state index < -0.39 is 9.84 Å². The summed E-state index contributed by atoms with van der Waals surface area (Å²) in [4.78, 5) is 0. The van der Waals surface area contributed by atoms with Crippen LogP contribution in [0.15, 0.2) is 11.6 Å². The third-order valence-corrected chi connectivity index (χ3v) is 6.69. The van der Waals surface area contributed by atoms with Crippen LogP contribution < -0.4 is 5.32 Å². The topological polar surface area (TPSA) is 46.2 Å². The number of sulfone groups is 1. The molecule has 110 valence electrons. The molecule has 1 aliphatic heterocycles. The highest BCUT2D eigenvalue weighted by Gasteiger charge is 2.36. The molecule has 1 saturated heterocycles. The van der Waals surface area contributed by atoms with Crippen LogP contribution in [0.25, 0.3) is 0 Å². The van der Waals surface area contributed by atoms with Gasteiger partial charge in [-0.2, -0.15) is 0 Å². The Balaban J connectivity index is 2.20. The molecule has 0 aromatic carbocycles. The highest BCUT2D eigenvalue weighted by atomic mass is 32.2. The summed E-state index contributed by atoms with van der Waals surface area (Å²) in [6.07, 6.45) is 11.0. The van der Waals surface area contributed by atoms with Gasteiger partial charge >= 0.3 is 0 Å². The van der Waals surface area contributed by atoms with E-state index in [1.165, 1.54) is 24.8 Å². The van der Waals surface area contributed by atoms with Gasteiger partial charge in [-0.15, -0.1) is 0 Å². The maximum absolute atomic E-state index is 12.4. The second kappa shape index (κ2) is 6.89. The number of hydrogen-bond donors (Lipinski definition) is 1. The summed E-state index contributed by atoms with van der Waals surface area (Å²) < 4.78 is 24.7. The van der Waals surface area contributed by atoms with E-state index >= 15 is 0 Å². The fourth-order valence-corrected chi connectivity index (χ4v) is 5.52. The molecule has 2 aliphatic rings. The van der Waals surface area contributed by atoms with Crippen molar-refractivity contribution in [1.82, 2.24) is 5.32 Å². The molecular weight excluding hydrogens is 258 g/mol. The van der Waals surface area contributed by atoms with Gasteiger partial charge in [-0.05, 0) is 45.1 Å². The van der Waals surface area contributed by atoms with Crippen molar-refractivity contribution in [2.75, 3.05) is 12.3 Å². The quantitative estimate of drug-likeness (QED) is 0.808. The fraction of sp³-hybridized carbons (Fsp3) is 0.867. The third-order valence-electron chi connectivity index (χ3n) is 4.40. The summed E-state index contributed by atoms with van der Waals surface area (Å²) in [5.41, 5.74) is 1.36. The Bertz CT molecular complexity index is 414. The molecule has 0 amide bonds. The van der Waals surface area contributed by atoms with Crippen molar-refractivity contribution in [3.8, 4) is 0 Å². The fourth-order valence-electron chi connectivity index (χ4n) is 3.40. The lowest BCUT2D eigenvalue weighted by molar-refractivity contribution is 0.467. The van der Waals surface area contributed by atoms with Gasteiger partial charge < -0.3 is 5.32 Å². The van der Waals surface area contributed by atoms with E-state index in [9.17, 15) is 8.42 Å². The predicted octanol–water partition coefficient (Wildman–Crippen LogP) is 2.82. The number of hydrogen-bond acceptors (Lipinski definition) is 3. The highest BCUT2D eigenvalue weighted by Crippen LogP contribution is 2.29. The lowest BCUT2D eigenvalue weighted by Gasteiger charge is -2.32. The van der Waals surface area contributed by atoms with Crippen LogP contribution in [0.4, 0.5) is 0 Å². The second-order valence-electron chi connectivity index (χ2n) is 5.81. The minimum Gasteiger partial charge on any atom is -0.309 e. The van der Waals surface area contributed by atoms with E-state index in [-0.39, 0.29) is 11.3 Å². The number of likely N-dealkylation sites (N-methyl/N-ethyl adjacent to an activating group) is 1. The first-order chi connectivity index (χ1) is 9.15. The molecular formula is C15H27NO2S. The molecule has 0 aromatic heterocycles. The molecule has 0 radical (unpaired) electrons. The summed E-state index contributed by atoms with van der Waals surface area (Å²) in [7, 11) is -2.91. The Labute approximate surface area is 117 Å². The van der Waals surface area contributed by atoms with Crippen molar-refractivity contribution in [2.45, 2.75) is 69.6 Å². The van der Waals surface area contributed by atoms with Crippen LogP contribution in [0, 0.1) is 0 Å². The van der Waals surface area contributed by atoms with Gasteiger partial charge in [0.05, 0.1) is 11.0 Å². The molecule has 19 heavy (non-hydrogen) atoms. The van der Waals surface area contributed by atoms with Gasteiger partial charge in [0.1, 0.15) is 0 Å². The highest BCUT2D eigenvalue weighted by molar-refractivity contribution is 7.92. The molecule has 0 aromatic rings. The van der Waals surface area contributed by atoms with Crippen LogP contribution in [0.1, 0.15) is 58.3 Å². The van der Waals surface area contributed by atoms with Crippen molar-refractivity contribution < 1.29 is 8.42 Å². The zero-order valence-electron chi connectivity index (χ0n) is 12.0. The van der Waals surface area contributed by atoms with Gasteiger partial charge in [-0.1, -0.05) is 31.4 Å². The van der Waals surface area contributed by atoms with Gasteiger partial charge in [0, 0.05) is 6.04 Å². The van der Waals surface area contributed by atoms with Gasteiger partial charge in [0.2, 0.25) is 0 Å². The minimum atomic E-state index is -2.91. The Kier molecular flexibility index (Phi) is 5.46. The van der Waals surface area contributed by atoms with Crippen LogP contribution in [0.2, 0.25) is 0 Å².